The molecule has 0 amide bonds. The van der Waals surface area contributed by atoms with Crippen molar-refractivity contribution in [3.63, 3.8) is 0 Å². The lowest BCUT2D eigenvalue weighted by Crippen LogP contribution is -2.30. The van der Waals surface area contributed by atoms with E-state index in [0.717, 1.165) is 24.6 Å². The second-order valence-corrected chi connectivity index (χ2v) is 5.65. The molecule has 0 unspecified atom stereocenters. The molecule has 1 aromatic carbocycles. The van der Waals surface area contributed by atoms with Crippen molar-refractivity contribution in [2.75, 3.05) is 26.8 Å². The highest BCUT2D eigenvalue weighted by molar-refractivity contribution is 5.43. The van der Waals surface area contributed by atoms with Gasteiger partial charge in [0.1, 0.15) is 13.2 Å². The summed E-state index contributed by atoms with van der Waals surface area (Å²) in [7, 11) is 2.02. The summed E-state index contributed by atoms with van der Waals surface area (Å²) in [6.07, 6.45) is 0. The highest BCUT2D eigenvalue weighted by Crippen LogP contribution is 2.31. The Morgan fingerprint density at radius 1 is 1.26 bits per heavy atom. The summed E-state index contributed by atoms with van der Waals surface area (Å²) in [6, 6.07) is 8.34. The van der Waals surface area contributed by atoms with Crippen LogP contribution in [0.25, 0.3) is 0 Å². The first-order valence-corrected chi connectivity index (χ1v) is 6.48. The summed E-state index contributed by atoms with van der Waals surface area (Å²) in [5, 5.41) is 9.05. The van der Waals surface area contributed by atoms with Crippen LogP contribution in [-0.4, -0.2) is 31.7 Å². The first-order chi connectivity index (χ1) is 9.00. The Bertz CT molecular complexity index is 491. The van der Waals surface area contributed by atoms with Gasteiger partial charge in [0.2, 0.25) is 0 Å². The maximum Gasteiger partial charge on any atom is 0.161 e. The lowest BCUT2D eigenvalue weighted by Gasteiger charge is -2.25. The van der Waals surface area contributed by atoms with E-state index >= 15 is 0 Å². The van der Waals surface area contributed by atoms with Crippen molar-refractivity contribution < 1.29 is 9.47 Å². The summed E-state index contributed by atoms with van der Waals surface area (Å²) in [6.45, 7) is 6.65. The summed E-state index contributed by atoms with van der Waals surface area (Å²) < 4.78 is 11.1. The molecule has 2 rings (SSSR count). The molecule has 0 saturated heterocycles. The van der Waals surface area contributed by atoms with E-state index in [2.05, 4.69) is 11.0 Å². The van der Waals surface area contributed by atoms with Crippen molar-refractivity contribution in [3.05, 3.63) is 23.8 Å². The van der Waals surface area contributed by atoms with Gasteiger partial charge in [-0.05, 0) is 38.6 Å². The van der Waals surface area contributed by atoms with Crippen LogP contribution in [0.5, 0.6) is 11.5 Å². The molecular weight excluding hydrogens is 240 g/mol. The van der Waals surface area contributed by atoms with E-state index in [1.807, 2.05) is 39.1 Å². The van der Waals surface area contributed by atoms with Crippen LogP contribution in [-0.2, 0) is 6.54 Å². The van der Waals surface area contributed by atoms with Crippen LogP contribution >= 0.6 is 0 Å². The Labute approximate surface area is 114 Å². The quantitative estimate of drug-likeness (QED) is 0.834. The predicted molar refractivity (Wildman–Crippen MR) is 73.2 cm³/mol. The molecule has 1 aromatic rings. The van der Waals surface area contributed by atoms with Crippen molar-refractivity contribution in [2.24, 2.45) is 5.41 Å². The molecule has 0 fully saturated rings. The molecule has 4 nitrogen and oxygen atoms in total. The van der Waals surface area contributed by atoms with Crippen molar-refractivity contribution in [3.8, 4) is 17.6 Å². The first-order valence-electron chi connectivity index (χ1n) is 6.48. The molecule has 0 aromatic heterocycles. The van der Waals surface area contributed by atoms with E-state index in [9.17, 15) is 0 Å². The molecule has 0 bridgehead atoms. The maximum atomic E-state index is 9.05. The molecule has 0 spiro atoms. The van der Waals surface area contributed by atoms with Crippen molar-refractivity contribution in [1.29, 1.82) is 5.26 Å². The van der Waals surface area contributed by atoms with Crippen LogP contribution in [0, 0.1) is 16.7 Å². The highest BCUT2D eigenvalue weighted by atomic mass is 16.6. The molecule has 0 atom stereocenters. The molecule has 19 heavy (non-hydrogen) atoms. The van der Waals surface area contributed by atoms with Gasteiger partial charge in [-0.15, -0.1) is 0 Å². The third-order valence-corrected chi connectivity index (χ3v) is 3.03. The number of rotatable bonds is 4. The molecule has 0 radical (unpaired) electrons. The van der Waals surface area contributed by atoms with Crippen molar-refractivity contribution in [1.82, 2.24) is 4.90 Å². The normalized spacial score (nSPS) is 14.3. The van der Waals surface area contributed by atoms with Crippen LogP contribution in [0.4, 0.5) is 0 Å². The number of fused-ring (bicyclic) bond motifs is 1. The monoisotopic (exact) mass is 260 g/mol. The fourth-order valence-electron chi connectivity index (χ4n) is 2.26. The molecule has 4 heteroatoms. The van der Waals surface area contributed by atoms with Crippen LogP contribution in [0.1, 0.15) is 19.4 Å². The van der Waals surface area contributed by atoms with Gasteiger partial charge in [0.15, 0.2) is 11.5 Å². The molecule has 0 saturated carbocycles. The number of nitrogens with zero attached hydrogens (tertiary/aromatic N) is 2. The van der Waals surface area contributed by atoms with E-state index in [1.54, 1.807) is 0 Å². The highest BCUT2D eigenvalue weighted by Gasteiger charge is 2.19. The number of hydrogen-bond donors (Lipinski definition) is 0. The van der Waals surface area contributed by atoms with Crippen LogP contribution in [0.15, 0.2) is 18.2 Å². The average molecular weight is 260 g/mol. The molecule has 0 N–H and O–H groups in total. The smallest absolute Gasteiger partial charge is 0.161 e. The van der Waals surface area contributed by atoms with Crippen LogP contribution < -0.4 is 9.47 Å². The van der Waals surface area contributed by atoms with E-state index < -0.39 is 0 Å². The number of nitriles is 1. The minimum absolute atomic E-state index is 0.331. The van der Waals surface area contributed by atoms with E-state index in [1.165, 1.54) is 5.56 Å². The zero-order chi connectivity index (χ0) is 13.9. The second-order valence-electron chi connectivity index (χ2n) is 5.65. The summed E-state index contributed by atoms with van der Waals surface area (Å²) >= 11 is 0. The molecule has 1 aliphatic heterocycles. The van der Waals surface area contributed by atoms with Gasteiger partial charge in [-0.25, -0.2) is 0 Å². The standard InChI is InChI=1S/C15H20N2O2/c1-15(2,10-16)11-17(3)9-12-4-5-13-14(8-12)19-7-6-18-13/h4-5,8H,6-7,9,11H2,1-3H3. The number of hydrogen-bond acceptors (Lipinski definition) is 4. The third kappa shape index (κ3) is 3.62. The predicted octanol–water partition coefficient (Wildman–Crippen LogP) is 2.44. The SMILES string of the molecule is CN(Cc1ccc2c(c1)OCCO2)CC(C)(C)C#N. The minimum Gasteiger partial charge on any atom is -0.486 e. The zero-order valence-corrected chi connectivity index (χ0v) is 11.8. The van der Waals surface area contributed by atoms with Gasteiger partial charge in [0.05, 0.1) is 11.5 Å². The fraction of sp³-hybridized carbons (Fsp3) is 0.533. The lowest BCUT2D eigenvalue weighted by atomic mass is 9.95. The van der Waals surface area contributed by atoms with Gasteiger partial charge in [0.25, 0.3) is 0 Å². The van der Waals surface area contributed by atoms with E-state index in [4.69, 9.17) is 14.7 Å². The lowest BCUT2D eigenvalue weighted by molar-refractivity contribution is 0.171. The molecule has 1 heterocycles. The first kappa shape index (κ1) is 13.7. The average Bonchev–Trinajstić information content (AvgIpc) is 2.38. The van der Waals surface area contributed by atoms with E-state index in [-0.39, 0.29) is 5.41 Å². The van der Waals surface area contributed by atoms with E-state index in [0.29, 0.717) is 13.2 Å². The minimum atomic E-state index is -0.331. The summed E-state index contributed by atoms with van der Waals surface area (Å²) in [5.41, 5.74) is 0.836. The third-order valence-electron chi connectivity index (χ3n) is 3.03. The Morgan fingerprint density at radius 2 is 1.95 bits per heavy atom. The second kappa shape index (κ2) is 5.50. The summed E-state index contributed by atoms with van der Waals surface area (Å²) in [4.78, 5) is 2.15. The number of benzene rings is 1. The fourth-order valence-corrected chi connectivity index (χ4v) is 2.26. The van der Waals surface area contributed by atoms with Crippen LogP contribution in [0.2, 0.25) is 0 Å². The Morgan fingerprint density at radius 3 is 2.63 bits per heavy atom. The van der Waals surface area contributed by atoms with Gasteiger partial charge in [-0.2, -0.15) is 5.26 Å². The van der Waals surface area contributed by atoms with Gasteiger partial charge in [-0.1, -0.05) is 6.07 Å². The van der Waals surface area contributed by atoms with Crippen molar-refractivity contribution in [2.45, 2.75) is 20.4 Å². The molecule has 1 aliphatic rings. The Balaban J connectivity index is 2.01. The number of ether oxygens (including phenoxy) is 2. The van der Waals surface area contributed by atoms with Gasteiger partial charge in [0, 0.05) is 13.1 Å². The zero-order valence-electron chi connectivity index (χ0n) is 11.8. The largest absolute Gasteiger partial charge is 0.486 e. The van der Waals surface area contributed by atoms with Crippen LogP contribution in [0.3, 0.4) is 0 Å². The topological polar surface area (TPSA) is 45.5 Å². The maximum absolute atomic E-state index is 9.05. The molecule has 102 valence electrons. The molecular formula is C15H20N2O2. The Kier molecular flexibility index (Phi) is 3.96. The van der Waals surface area contributed by atoms with Gasteiger partial charge < -0.3 is 14.4 Å². The van der Waals surface area contributed by atoms with Gasteiger partial charge in [-0.3, -0.25) is 0 Å². The van der Waals surface area contributed by atoms with Gasteiger partial charge >= 0.3 is 0 Å². The summed E-state index contributed by atoms with van der Waals surface area (Å²) in [5.74, 6) is 1.63. The Hall–Kier alpha value is -1.73. The van der Waals surface area contributed by atoms with Crippen molar-refractivity contribution >= 4 is 0 Å². The molecule has 0 aliphatic carbocycles.